The van der Waals surface area contributed by atoms with Gasteiger partial charge in [0, 0.05) is 26.2 Å². The fraction of sp³-hybridized carbons (Fsp3) is 0.929. The van der Waals surface area contributed by atoms with Gasteiger partial charge in [-0.1, -0.05) is 0 Å². The fourth-order valence-corrected chi connectivity index (χ4v) is 2.41. The molecule has 0 bridgehead atoms. The van der Waals surface area contributed by atoms with Crippen molar-refractivity contribution in [2.75, 3.05) is 26.7 Å². The first-order chi connectivity index (χ1) is 8.44. The lowest BCUT2D eigenvalue weighted by molar-refractivity contribution is -0.131. The Morgan fingerprint density at radius 2 is 1.94 bits per heavy atom. The van der Waals surface area contributed by atoms with E-state index in [0.29, 0.717) is 6.54 Å². The van der Waals surface area contributed by atoms with Gasteiger partial charge >= 0.3 is 0 Å². The van der Waals surface area contributed by atoms with Gasteiger partial charge in [-0.25, -0.2) is 0 Å². The number of carbonyl (C=O) groups excluding carboxylic acids is 1. The molecular weight excluding hydrogens is 228 g/mol. The van der Waals surface area contributed by atoms with Crippen LogP contribution < -0.4 is 5.32 Å². The van der Waals surface area contributed by atoms with E-state index in [1.54, 1.807) is 7.11 Å². The first kappa shape index (κ1) is 15.4. The average Bonchev–Trinajstić information content (AvgIpc) is 2.36. The fourth-order valence-electron chi connectivity index (χ4n) is 2.41. The monoisotopic (exact) mass is 256 g/mol. The summed E-state index contributed by atoms with van der Waals surface area (Å²) in [5, 5.41) is 3.30. The molecule has 0 saturated carbocycles. The second-order valence-corrected chi connectivity index (χ2v) is 5.89. The first-order valence-electron chi connectivity index (χ1n) is 7.01. The third-order valence-corrected chi connectivity index (χ3v) is 3.66. The highest BCUT2D eigenvalue weighted by Crippen LogP contribution is 2.15. The van der Waals surface area contributed by atoms with Crippen LogP contribution in [0.1, 0.15) is 46.5 Å². The number of nitrogens with one attached hydrogen (secondary N) is 1. The zero-order valence-electron chi connectivity index (χ0n) is 12.3. The summed E-state index contributed by atoms with van der Waals surface area (Å²) in [4.78, 5) is 13.9. The van der Waals surface area contributed by atoms with Gasteiger partial charge in [-0.3, -0.25) is 4.79 Å². The molecule has 1 aliphatic heterocycles. The van der Waals surface area contributed by atoms with E-state index in [-0.39, 0.29) is 17.6 Å². The van der Waals surface area contributed by atoms with E-state index in [2.05, 4.69) is 26.1 Å². The SMILES string of the molecule is COC(C)(C)CC(C)NCC(=O)N1CCCCC1. The van der Waals surface area contributed by atoms with Gasteiger partial charge in [0.2, 0.25) is 5.91 Å². The highest BCUT2D eigenvalue weighted by Gasteiger charge is 2.21. The molecule has 1 atom stereocenters. The Labute approximate surface area is 111 Å². The Kier molecular flexibility index (Phi) is 6.09. The van der Waals surface area contributed by atoms with Crippen molar-refractivity contribution in [2.45, 2.75) is 58.1 Å². The van der Waals surface area contributed by atoms with Crippen LogP contribution in [0.5, 0.6) is 0 Å². The lowest BCUT2D eigenvalue weighted by Gasteiger charge is -2.29. The Hall–Kier alpha value is -0.610. The molecule has 1 unspecified atom stereocenters. The minimum Gasteiger partial charge on any atom is -0.379 e. The minimum absolute atomic E-state index is 0.138. The van der Waals surface area contributed by atoms with Crippen LogP contribution in [0, 0.1) is 0 Å². The molecule has 4 nitrogen and oxygen atoms in total. The Morgan fingerprint density at radius 1 is 1.33 bits per heavy atom. The highest BCUT2D eigenvalue weighted by molar-refractivity contribution is 5.78. The molecule has 1 fully saturated rings. The number of methoxy groups -OCH3 is 1. The molecule has 0 aromatic rings. The van der Waals surface area contributed by atoms with Crippen LogP contribution in [0.4, 0.5) is 0 Å². The number of ether oxygens (including phenoxy) is 1. The number of likely N-dealkylation sites (tertiary alicyclic amines) is 1. The molecule has 1 saturated heterocycles. The molecule has 0 aliphatic carbocycles. The van der Waals surface area contributed by atoms with Gasteiger partial charge in [0.25, 0.3) is 0 Å². The molecule has 1 aliphatic rings. The lowest BCUT2D eigenvalue weighted by atomic mass is 10.00. The summed E-state index contributed by atoms with van der Waals surface area (Å²) in [6.45, 7) is 8.54. The van der Waals surface area contributed by atoms with E-state index in [0.717, 1.165) is 32.4 Å². The number of hydrogen-bond donors (Lipinski definition) is 1. The van der Waals surface area contributed by atoms with Crippen molar-refractivity contribution >= 4 is 5.91 Å². The maximum absolute atomic E-state index is 12.0. The summed E-state index contributed by atoms with van der Waals surface area (Å²) in [6.07, 6.45) is 4.46. The summed E-state index contributed by atoms with van der Waals surface area (Å²) >= 11 is 0. The summed E-state index contributed by atoms with van der Waals surface area (Å²) in [7, 11) is 1.73. The third-order valence-electron chi connectivity index (χ3n) is 3.66. The molecular formula is C14H28N2O2. The number of piperidine rings is 1. The zero-order valence-corrected chi connectivity index (χ0v) is 12.3. The minimum atomic E-state index is -0.138. The van der Waals surface area contributed by atoms with Crippen LogP contribution in [0.15, 0.2) is 0 Å². The van der Waals surface area contributed by atoms with E-state index >= 15 is 0 Å². The largest absolute Gasteiger partial charge is 0.379 e. The van der Waals surface area contributed by atoms with E-state index in [4.69, 9.17) is 4.74 Å². The van der Waals surface area contributed by atoms with E-state index < -0.39 is 0 Å². The van der Waals surface area contributed by atoms with Gasteiger partial charge < -0.3 is 15.0 Å². The van der Waals surface area contributed by atoms with Crippen molar-refractivity contribution in [3.8, 4) is 0 Å². The van der Waals surface area contributed by atoms with Crippen LogP contribution in [0.25, 0.3) is 0 Å². The predicted octanol–water partition coefficient (Wildman–Crippen LogP) is 1.79. The third kappa shape index (κ3) is 5.36. The quantitative estimate of drug-likeness (QED) is 0.788. The zero-order chi connectivity index (χ0) is 13.6. The normalized spacial score (nSPS) is 18.8. The summed E-state index contributed by atoms with van der Waals surface area (Å²) in [5.41, 5.74) is -0.138. The summed E-state index contributed by atoms with van der Waals surface area (Å²) in [6, 6.07) is 0.286. The summed E-state index contributed by atoms with van der Waals surface area (Å²) in [5.74, 6) is 0.233. The highest BCUT2D eigenvalue weighted by atomic mass is 16.5. The Bertz CT molecular complexity index is 261. The number of nitrogens with zero attached hydrogens (tertiary/aromatic N) is 1. The molecule has 0 radical (unpaired) electrons. The van der Waals surface area contributed by atoms with Crippen LogP contribution in [-0.2, 0) is 9.53 Å². The smallest absolute Gasteiger partial charge is 0.236 e. The maximum Gasteiger partial charge on any atom is 0.236 e. The van der Waals surface area contributed by atoms with Crippen molar-refractivity contribution in [1.29, 1.82) is 0 Å². The summed E-state index contributed by atoms with van der Waals surface area (Å²) < 4.78 is 5.40. The van der Waals surface area contributed by atoms with Gasteiger partial charge in [0.05, 0.1) is 12.1 Å². The van der Waals surface area contributed by atoms with Crippen molar-refractivity contribution in [3.05, 3.63) is 0 Å². The van der Waals surface area contributed by atoms with Gasteiger partial charge in [0.1, 0.15) is 0 Å². The second kappa shape index (κ2) is 7.10. The van der Waals surface area contributed by atoms with E-state index in [1.165, 1.54) is 6.42 Å². The molecule has 18 heavy (non-hydrogen) atoms. The van der Waals surface area contributed by atoms with Crippen molar-refractivity contribution in [3.63, 3.8) is 0 Å². The van der Waals surface area contributed by atoms with Gasteiger partial charge in [-0.2, -0.15) is 0 Å². The standard InChI is InChI=1S/C14H28N2O2/c1-12(10-14(2,3)18-4)15-11-13(17)16-8-6-5-7-9-16/h12,15H,5-11H2,1-4H3. The second-order valence-electron chi connectivity index (χ2n) is 5.89. The molecule has 0 aromatic carbocycles. The van der Waals surface area contributed by atoms with Crippen molar-refractivity contribution in [2.24, 2.45) is 0 Å². The Balaban J connectivity index is 2.24. The number of rotatable bonds is 6. The molecule has 1 rings (SSSR count). The molecule has 1 N–H and O–H groups in total. The Morgan fingerprint density at radius 3 is 2.50 bits per heavy atom. The topological polar surface area (TPSA) is 41.6 Å². The van der Waals surface area contributed by atoms with Crippen molar-refractivity contribution < 1.29 is 9.53 Å². The first-order valence-corrected chi connectivity index (χ1v) is 7.01. The average molecular weight is 256 g/mol. The number of amides is 1. The molecule has 0 spiro atoms. The molecule has 1 heterocycles. The van der Waals surface area contributed by atoms with Crippen molar-refractivity contribution in [1.82, 2.24) is 10.2 Å². The van der Waals surface area contributed by atoms with E-state index in [1.807, 2.05) is 4.90 Å². The molecule has 0 aromatic heterocycles. The molecule has 4 heteroatoms. The maximum atomic E-state index is 12.0. The van der Waals surface area contributed by atoms with Crippen LogP contribution in [0.3, 0.4) is 0 Å². The van der Waals surface area contributed by atoms with Crippen LogP contribution >= 0.6 is 0 Å². The van der Waals surface area contributed by atoms with Gasteiger partial charge in [-0.15, -0.1) is 0 Å². The van der Waals surface area contributed by atoms with Gasteiger partial charge in [0.15, 0.2) is 0 Å². The predicted molar refractivity (Wildman–Crippen MR) is 73.6 cm³/mol. The number of carbonyl (C=O) groups is 1. The molecule has 106 valence electrons. The van der Waals surface area contributed by atoms with E-state index in [9.17, 15) is 4.79 Å². The van der Waals surface area contributed by atoms with Crippen LogP contribution in [0.2, 0.25) is 0 Å². The number of hydrogen-bond acceptors (Lipinski definition) is 3. The molecule has 1 amide bonds. The van der Waals surface area contributed by atoms with Crippen LogP contribution in [-0.4, -0.2) is 49.2 Å². The van der Waals surface area contributed by atoms with Gasteiger partial charge in [-0.05, 0) is 46.5 Å². The lowest BCUT2D eigenvalue weighted by Crippen LogP contribution is -2.44.